The molecule has 2 unspecified atom stereocenters. The minimum absolute atomic E-state index is 0.0597. The van der Waals surface area contributed by atoms with Crippen molar-refractivity contribution in [2.24, 2.45) is 39.4 Å². The fourth-order valence-corrected chi connectivity index (χ4v) is 8.38. The summed E-state index contributed by atoms with van der Waals surface area (Å²) in [6, 6.07) is 0. The van der Waals surface area contributed by atoms with E-state index >= 15 is 0 Å². The Morgan fingerprint density at radius 1 is 1.26 bits per heavy atom. The molecule has 0 N–H and O–H groups in total. The Hall–Kier alpha value is -1.58. The van der Waals surface area contributed by atoms with Crippen LogP contribution in [0.3, 0.4) is 0 Å². The molecular weight excluding hydrogens is 388 g/mol. The normalized spacial score (nSPS) is 43.5. The minimum Gasteiger partial charge on any atom is -0.467 e. The molecule has 0 radical (unpaired) electrons. The lowest BCUT2D eigenvalue weighted by molar-refractivity contribution is -0.162. The van der Waals surface area contributed by atoms with Gasteiger partial charge in [0.25, 0.3) is 6.47 Å². The molecule has 0 heterocycles. The summed E-state index contributed by atoms with van der Waals surface area (Å²) in [6.45, 7) is 11.5. The molecule has 5 aliphatic carbocycles. The smallest absolute Gasteiger partial charge is 0.311 e. The van der Waals surface area contributed by atoms with Crippen LogP contribution >= 0.6 is 0 Å². The fourth-order valence-electron chi connectivity index (χ4n) is 8.38. The second-order valence-corrected chi connectivity index (χ2v) is 12.2. The number of carbonyl (C=O) groups is 2. The van der Waals surface area contributed by atoms with E-state index in [-0.39, 0.29) is 28.3 Å². The lowest BCUT2D eigenvalue weighted by Crippen LogP contribution is -2.44. The first kappa shape index (κ1) is 21.3. The van der Waals surface area contributed by atoms with Gasteiger partial charge in [-0.2, -0.15) is 0 Å². The third-order valence-electron chi connectivity index (χ3n) is 9.92. The maximum absolute atomic E-state index is 12.6. The van der Waals surface area contributed by atoms with Gasteiger partial charge in [-0.05, 0) is 89.9 Å². The van der Waals surface area contributed by atoms with Crippen molar-refractivity contribution in [3.63, 3.8) is 0 Å². The van der Waals surface area contributed by atoms with E-state index in [0.717, 1.165) is 32.1 Å². The average molecular weight is 427 g/mol. The Labute approximate surface area is 186 Å². The molecule has 0 aromatic heterocycles. The number of fused-ring (bicyclic) bond motifs is 4. The molecule has 0 amide bonds. The van der Waals surface area contributed by atoms with E-state index in [1.54, 1.807) is 11.1 Å². The van der Waals surface area contributed by atoms with Gasteiger partial charge in [-0.1, -0.05) is 30.2 Å². The van der Waals surface area contributed by atoms with Crippen molar-refractivity contribution in [2.75, 3.05) is 6.61 Å². The second-order valence-electron chi connectivity index (χ2n) is 12.2. The van der Waals surface area contributed by atoms with Gasteiger partial charge in [-0.15, -0.1) is 0 Å². The van der Waals surface area contributed by atoms with Gasteiger partial charge >= 0.3 is 5.97 Å². The molecule has 0 aromatic rings. The summed E-state index contributed by atoms with van der Waals surface area (Å²) in [7, 11) is 0. The van der Waals surface area contributed by atoms with Gasteiger partial charge < -0.3 is 9.47 Å². The zero-order chi connectivity index (χ0) is 22.2. The third kappa shape index (κ3) is 2.72. The summed E-state index contributed by atoms with van der Waals surface area (Å²) < 4.78 is 11.5. The zero-order valence-corrected chi connectivity index (χ0v) is 19.8. The van der Waals surface area contributed by atoms with Crippen LogP contribution in [0.5, 0.6) is 0 Å². The molecule has 3 fully saturated rings. The van der Waals surface area contributed by atoms with E-state index in [0.29, 0.717) is 30.8 Å². The van der Waals surface area contributed by atoms with E-state index in [1.165, 1.54) is 12.8 Å². The lowest BCUT2D eigenvalue weighted by Gasteiger charge is -2.49. The summed E-state index contributed by atoms with van der Waals surface area (Å²) in [4.78, 5) is 23.7. The highest BCUT2D eigenvalue weighted by Gasteiger charge is 2.76. The van der Waals surface area contributed by atoms with Gasteiger partial charge in [0.15, 0.2) is 0 Å². The number of hydrogen-bond donors (Lipinski definition) is 0. The highest BCUT2D eigenvalue weighted by Crippen LogP contribution is 2.82. The van der Waals surface area contributed by atoms with Crippen LogP contribution in [-0.4, -0.2) is 25.2 Å². The molecule has 0 bridgehead atoms. The molecule has 31 heavy (non-hydrogen) atoms. The molecule has 170 valence electrons. The SMILES string of the molecule is C[C@H](OC(=O)C(C)(C)C)[C@H]1CCC2=C3C4CC45C=CCC[C@]5(COC=O)[C@H]3CC[C@@]21C. The number of ether oxygens (including phenoxy) is 2. The fraction of sp³-hybridized carbons (Fsp3) is 0.778. The van der Waals surface area contributed by atoms with E-state index in [2.05, 4.69) is 26.0 Å². The largest absolute Gasteiger partial charge is 0.467 e. The van der Waals surface area contributed by atoms with Crippen LogP contribution in [0.1, 0.15) is 79.6 Å². The van der Waals surface area contributed by atoms with Gasteiger partial charge in [-0.25, -0.2) is 0 Å². The zero-order valence-electron chi connectivity index (χ0n) is 19.8. The van der Waals surface area contributed by atoms with Crippen molar-refractivity contribution in [1.82, 2.24) is 0 Å². The molecule has 3 saturated carbocycles. The van der Waals surface area contributed by atoms with Gasteiger partial charge in [0.05, 0.1) is 12.0 Å². The third-order valence-corrected chi connectivity index (χ3v) is 9.92. The number of carbonyl (C=O) groups excluding carboxylic acids is 2. The van der Waals surface area contributed by atoms with Crippen molar-refractivity contribution in [2.45, 2.75) is 85.7 Å². The molecule has 7 atom stereocenters. The summed E-state index contributed by atoms with van der Waals surface area (Å²) in [6.07, 6.45) is 12.8. The van der Waals surface area contributed by atoms with E-state index < -0.39 is 5.41 Å². The molecule has 1 spiro atoms. The van der Waals surface area contributed by atoms with Crippen LogP contribution < -0.4 is 0 Å². The quantitative estimate of drug-likeness (QED) is 0.325. The Bertz CT molecular complexity index is 863. The highest BCUT2D eigenvalue weighted by atomic mass is 16.5. The van der Waals surface area contributed by atoms with Crippen molar-refractivity contribution in [1.29, 1.82) is 0 Å². The van der Waals surface area contributed by atoms with E-state index in [9.17, 15) is 9.59 Å². The van der Waals surface area contributed by atoms with Crippen LogP contribution in [-0.2, 0) is 19.1 Å². The van der Waals surface area contributed by atoms with Gasteiger partial charge in [0, 0.05) is 16.7 Å². The number of rotatable bonds is 5. The molecule has 5 aliphatic rings. The standard InChI is InChI=1S/C27H38O4/c1-17(31-23(29)24(2,3)4)18-8-9-19-22-20(10-13-25(18,19)5)27(15-30-16-28)12-7-6-11-26(27)14-21(22)26/h6,11,16-18,20-21H,7-10,12-15H2,1-5H3/t17-,18+,20-,21?,25+,26?,27-/m0/s1. The topological polar surface area (TPSA) is 52.6 Å². The predicted octanol–water partition coefficient (Wildman–Crippen LogP) is 5.62. The molecule has 4 heteroatoms. The predicted molar refractivity (Wildman–Crippen MR) is 119 cm³/mol. The highest BCUT2D eigenvalue weighted by molar-refractivity contribution is 5.75. The van der Waals surface area contributed by atoms with Crippen LogP contribution in [0.2, 0.25) is 0 Å². The van der Waals surface area contributed by atoms with Crippen molar-refractivity contribution >= 4 is 12.4 Å². The first-order chi connectivity index (χ1) is 14.6. The van der Waals surface area contributed by atoms with Gasteiger partial charge in [0.2, 0.25) is 0 Å². The molecule has 4 nitrogen and oxygen atoms in total. The maximum atomic E-state index is 12.6. The number of hydrogen-bond acceptors (Lipinski definition) is 4. The van der Waals surface area contributed by atoms with Gasteiger partial charge in [0.1, 0.15) is 6.10 Å². The van der Waals surface area contributed by atoms with Crippen LogP contribution in [0.4, 0.5) is 0 Å². The monoisotopic (exact) mass is 426 g/mol. The van der Waals surface area contributed by atoms with Crippen molar-refractivity contribution < 1.29 is 19.1 Å². The summed E-state index contributed by atoms with van der Waals surface area (Å²) >= 11 is 0. The Kier molecular flexibility index (Phi) is 4.61. The summed E-state index contributed by atoms with van der Waals surface area (Å²) in [5, 5.41) is 0. The second kappa shape index (κ2) is 6.71. The minimum atomic E-state index is -0.467. The Balaban J connectivity index is 1.48. The van der Waals surface area contributed by atoms with Crippen molar-refractivity contribution in [3.8, 4) is 0 Å². The number of allylic oxidation sites excluding steroid dienone is 4. The lowest BCUT2D eigenvalue weighted by atomic mass is 9.56. The molecule has 0 saturated heterocycles. The summed E-state index contributed by atoms with van der Waals surface area (Å²) in [5.74, 6) is 1.47. The van der Waals surface area contributed by atoms with E-state index in [1.807, 2.05) is 20.8 Å². The maximum Gasteiger partial charge on any atom is 0.311 e. The first-order valence-corrected chi connectivity index (χ1v) is 12.3. The Morgan fingerprint density at radius 3 is 2.74 bits per heavy atom. The van der Waals surface area contributed by atoms with Crippen LogP contribution in [0, 0.1) is 39.4 Å². The van der Waals surface area contributed by atoms with Crippen molar-refractivity contribution in [3.05, 3.63) is 23.3 Å². The van der Waals surface area contributed by atoms with E-state index in [4.69, 9.17) is 9.47 Å². The molecule has 0 aromatic carbocycles. The summed E-state index contributed by atoms with van der Waals surface area (Å²) in [5.41, 5.74) is 3.35. The van der Waals surface area contributed by atoms with Crippen LogP contribution in [0.15, 0.2) is 23.3 Å². The molecule has 5 rings (SSSR count). The van der Waals surface area contributed by atoms with Gasteiger partial charge in [-0.3, -0.25) is 9.59 Å². The first-order valence-electron chi connectivity index (χ1n) is 12.3. The average Bonchev–Trinajstić information content (AvgIpc) is 3.22. The van der Waals surface area contributed by atoms with Crippen LogP contribution in [0.25, 0.3) is 0 Å². The molecule has 0 aliphatic heterocycles. The molecular formula is C27H38O4. The number of esters is 1. The Morgan fingerprint density at radius 2 is 2.03 bits per heavy atom.